The van der Waals surface area contributed by atoms with E-state index < -0.39 is 52.9 Å². The van der Waals surface area contributed by atoms with Gasteiger partial charge in [-0.3, -0.25) is 4.79 Å². The van der Waals surface area contributed by atoms with E-state index in [0.29, 0.717) is 6.61 Å². The van der Waals surface area contributed by atoms with E-state index in [-0.39, 0.29) is 13.0 Å². The number of aliphatic hydroxyl groups is 3. The first-order valence-electron chi connectivity index (χ1n) is 8.35. The van der Waals surface area contributed by atoms with Crippen LogP contribution in [-0.4, -0.2) is 70.6 Å². The lowest BCUT2D eigenvalue weighted by Crippen LogP contribution is -2.67. The molecule has 0 radical (unpaired) electrons. The fourth-order valence-corrected chi connectivity index (χ4v) is 5.40. The van der Waals surface area contributed by atoms with Crippen LogP contribution in [0.5, 0.6) is 0 Å². The van der Waals surface area contributed by atoms with Gasteiger partial charge in [-0.2, -0.15) is 0 Å². The zero-order valence-electron chi connectivity index (χ0n) is 14.1. The highest BCUT2D eigenvalue weighted by Crippen LogP contribution is 2.71. The quantitative estimate of drug-likeness (QED) is 0.354. The molecule has 4 aliphatic rings. The topological polar surface area (TPSA) is 109 Å². The molecule has 2 heterocycles. The number of fused-ring (bicyclic) bond motifs is 2. The molecular formula is C17H24O7. The smallest absolute Gasteiger partial charge is 0.303 e. The van der Waals surface area contributed by atoms with Crippen LogP contribution in [0.25, 0.3) is 0 Å². The Labute approximate surface area is 140 Å². The van der Waals surface area contributed by atoms with Crippen molar-refractivity contribution in [3.63, 3.8) is 0 Å². The van der Waals surface area contributed by atoms with Gasteiger partial charge in [0.15, 0.2) is 0 Å². The largest absolute Gasteiger partial charge is 0.459 e. The summed E-state index contributed by atoms with van der Waals surface area (Å²) in [6, 6.07) is 0. The Morgan fingerprint density at radius 3 is 2.67 bits per heavy atom. The van der Waals surface area contributed by atoms with E-state index in [4.69, 9.17) is 14.2 Å². The van der Waals surface area contributed by atoms with E-state index in [0.717, 1.165) is 5.57 Å². The zero-order valence-corrected chi connectivity index (χ0v) is 14.1. The maximum absolute atomic E-state index is 11.6. The van der Waals surface area contributed by atoms with Gasteiger partial charge in [0.1, 0.15) is 23.9 Å². The van der Waals surface area contributed by atoms with E-state index in [1.165, 1.54) is 6.92 Å². The second kappa shape index (κ2) is 4.80. The molecule has 3 N–H and O–H groups in total. The minimum absolute atomic E-state index is 0.259. The lowest BCUT2D eigenvalue weighted by Gasteiger charge is -2.58. The van der Waals surface area contributed by atoms with Gasteiger partial charge in [-0.1, -0.05) is 13.0 Å². The summed E-state index contributed by atoms with van der Waals surface area (Å²) in [6.45, 7) is 5.09. The van der Waals surface area contributed by atoms with Gasteiger partial charge in [-0.25, -0.2) is 0 Å². The number of hydrogen-bond acceptors (Lipinski definition) is 7. The van der Waals surface area contributed by atoms with Crippen LogP contribution in [0.15, 0.2) is 11.6 Å². The van der Waals surface area contributed by atoms with E-state index in [9.17, 15) is 20.1 Å². The lowest BCUT2D eigenvalue weighted by molar-refractivity contribution is -0.236. The van der Waals surface area contributed by atoms with Crippen LogP contribution in [0, 0.1) is 10.8 Å². The third kappa shape index (κ3) is 1.62. The summed E-state index contributed by atoms with van der Waals surface area (Å²) in [5, 5.41) is 31.6. The molecule has 1 spiro atoms. The van der Waals surface area contributed by atoms with Crippen molar-refractivity contribution in [1.82, 2.24) is 0 Å². The minimum atomic E-state index is -1.04. The average molecular weight is 340 g/mol. The van der Waals surface area contributed by atoms with Crippen LogP contribution in [0.3, 0.4) is 0 Å². The second-order valence-electron chi connectivity index (χ2n) is 7.82. The molecule has 7 heteroatoms. The number of esters is 1. The lowest BCUT2D eigenvalue weighted by atomic mass is 9.51. The molecule has 2 bridgehead atoms. The summed E-state index contributed by atoms with van der Waals surface area (Å²) < 4.78 is 17.4. The first-order chi connectivity index (χ1) is 11.2. The van der Waals surface area contributed by atoms with Crippen molar-refractivity contribution in [2.75, 3.05) is 13.2 Å². The van der Waals surface area contributed by atoms with Gasteiger partial charge in [0, 0.05) is 12.3 Å². The van der Waals surface area contributed by atoms with E-state index in [1.807, 2.05) is 19.9 Å². The molecule has 2 aliphatic carbocycles. The number of carbonyl (C=O) groups excluding carboxylic acids is 1. The van der Waals surface area contributed by atoms with Gasteiger partial charge in [-0.05, 0) is 18.9 Å². The van der Waals surface area contributed by atoms with Crippen LogP contribution < -0.4 is 0 Å². The van der Waals surface area contributed by atoms with Crippen LogP contribution >= 0.6 is 0 Å². The van der Waals surface area contributed by atoms with E-state index in [2.05, 4.69) is 0 Å². The molecule has 4 rings (SSSR count). The van der Waals surface area contributed by atoms with Crippen molar-refractivity contribution in [3.8, 4) is 0 Å². The average Bonchev–Trinajstić information content (AvgIpc) is 3.30. The highest BCUT2D eigenvalue weighted by atomic mass is 16.7. The monoisotopic (exact) mass is 340 g/mol. The predicted octanol–water partition coefficient (Wildman–Crippen LogP) is -0.475. The number of hydrogen-bond donors (Lipinski definition) is 3. The Kier molecular flexibility index (Phi) is 3.29. The third-order valence-corrected chi connectivity index (χ3v) is 6.93. The van der Waals surface area contributed by atoms with Crippen molar-refractivity contribution >= 4 is 5.97 Å². The predicted molar refractivity (Wildman–Crippen MR) is 80.9 cm³/mol. The molecule has 24 heavy (non-hydrogen) atoms. The summed E-state index contributed by atoms with van der Waals surface area (Å²) in [5.74, 6) is -0.503. The molecule has 8 atom stereocenters. The molecule has 0 unspecified atom stereocenters. The van der Waals surface area contributed by atoms with Crippen molar-refractivity contribution in [2.24, 2.45) is 10.8 Å². The number of rotatable bonds is 2. The van der Waals surface area contributed by atoms with Crippen molar-refractivity contribution in [1.29, 1.82) is 0 Å². The summed E-state index contributed by atoms with van der Waals surface area (Å²) in [5.41, 5.74) is -1.80. The highest BCUT2D eigenvalue weighted by molar-refractivity contribution is 5.66. The third-order valence-electron chi connectivity index (χ3n) is 6.93. The Morgan fingerprint density at radius 1 is 1.46 bits per heavy atom. The normalized spacial score (nSPS) is 55.1. The van der Waals surface area contributed by atoms with Crippen LogP contribution in [-0.2, 0) is 19.0 Å². The maximum atomic E-state index is 11.6. The molecule has 0 aromatic rings. The molecule has 0 aromatic carbocycles. The summed E-state index contributed by atoms with van der Waals surface area (Å²) in [4.78, 5) is 11.6. The molecule has 2 saturated heterocycles. The summed E-state index contributed by atoms with van der Waals surface area (Å²) >= 11 is 0. The molecule has 0 aromatic heterocycles. The summed E-state index contributed by atoms with van der Waals surface area (Å²) in [6.07, 6.45) is -1.66. The fraction of sp³-hybridized carbons (Fsp3) is 0.824. The van der Waals surface area contributed by atoms with Crippen molar-refractivity contribution in [2.45, 2.75) is 63.3 Å². The van der Waals surface area contributed by atoms with Gasteiger partial charge in [-0.15, -0.1) is 0 Å². The van der Waals surface area contributed by atoms with Crippen molar-refractivity contribution < 1.29 is 34.3 Å². The van der Waals surface area contributed by atoms with Crippen LogP contribution in [0.1, 0.15) is 27.2 Å². The molecule has 3 fully saturated rings. The zero-order chi connectivity index (χ0) is 17.5. The van der Waals surface area contributed by atoms with E-state index in [1.54, 1.807) is 0 Å². The highest BCUT2D eigenvalue weighted by Gasteiger charge is 2.85. The molecule has 0 amide bonds. The number of epoxide rings is 1. The minimum Gasteiger partial charge on any atom is -0.459 e. The fourth-order valence-electron chi connectivity index (χ4n) is 5.40. The number of aliphatic hydroxyl groups excluding tert-OH is 3. The standard InChI is InChI=1S/C17H24O7/c1-8-4-11-16(6-18,5-10(8)20)15(3)13(23-9(2)19)12(21)14(24-11)17(15)7-22-17/h4,10-14,18,20-21H,5-7H2,1-3H3/t10-,11-,12+,13+,14+,15+,16+,17-/m0/s1. The van der Waals surface area contributed by atoms with Gasteiger partial charge < -0.3 is 29.5 Å². The maximum Gasteiger partial charge on any atom is 0.303 e. The summed E-state index contributed by atoms with van der Waals surface area (Å²) in [7, 11) is 0. The van der Waals surface area contributed by atoms with Gasteiger partial charge in [0.25, 0.3) is 0 Å². The number of ether oxygens (including phenoxy) is 3. The number of carbonyl (C=O) groups is 1. The molecule has 2 aliphatic heterocycles. The Morgan fingerprint density at radius 2 is 2.12 bits per heavy atom. The van der Waals surface area contributed by atoms with Crippen molar-refractivity contribution in [3.05, 3.63) is 11.6 Å². The van der Waals surface area contributed by atoms with Crippen LogP contribution in [0.2, 0.25) is 0 Å². The van der Waals surface area contributed by atoms with E-state index >= 15 is 0 Å². The first-order valence-corrected chi connectivity index (χ1v) is 8.35. The SMILES string of the molecule is CC(=O)O[C@@H]1[C@@H](O)[C@H]2O[C@H]3C=C(C)[C@@H](O)C[C@]3(CO)[C@]1(C)[C@]21CO1. The molecule has 134 valence electrons. The molecular weight excluding hydrogens is 316 g/mol. The first kappa shape index (κ1) is 16.5. The Hall–Kier alpha value is -0.990. The molecule has 7 nitrogen and oxygen atoms in total. The van der Waals surface area contributed by atoms with Gasteiger partial charge in [0.2, 0.25) is 0 Å². The van der Waals surface area contributed by atoms with Crippen LogP contribution in [0.4, 0.5) is 0 Å². The Bertz CT molecular complexity index is 612. The molecule has 1 saturated carbocycles. The Balaban J connectivity index is 1.90. The van der Waals surface area contributed by atoms with Gasteiger partial charge in [0.05, 0.1) is 30.8 Å². The van der Waals surface area contributed by atoms with Gasteiger partial charge >= 0.3 is 5.97 Å². The second-order valence-corrected chi connectivity index (χ2v) is 7.82.